The van der Waals surface area contributed by atoms with Gasteiger partial charge in [-0.2, -0.15) is 13.5 Å². The van der Waals surface area contributed by atoms with Crippen molar-refractivity contribution in [1.82, 2.24) is 4.83 Å². The zero-order valence-corrected chi connectivity index (χ0v) is 17.1. The molecule has 0 saturated heterocycles. The third-order valence-electron chi connectivity index (χ3n) is 3.20. The highest BCUT2D eigenvalue weighted by atomic mass is 32.2. The summed E-state index contributed by atoms with van der Waals surface area (Å²) in [6, 6.07) is 13.4. The molecule has 2 aromatic carbocycles. The molecule has 0 aliphatic rings. The Hall–Kier alpha value is -2.54. The van der Waals surface area contributed by atoms with Crippen molar-refractivity contribution in [3.05, 3.63) is 54.1 Å². The molecule has 0 aliphatic carbocycles. The fraction of sp³-hybridized carbons (Fsp3) is 0.350. The van der Waals surface area contributed by atoms with Crippen LogP contribution in [0.5, 0.6) is 11.5 Å². The van der Waals surface area contributed by atoms with Gasteiger partial charge in [-0.05, 0) is 88.7 Å². The van der Waals surface area contributed by atoms with E-state index in [1.54, 1.807) is 24.3 Å². The van der Waals surface area contributed by atoms with Crippen molar-refractivity contribution in [3.63, 3.8) is 0 Å². The lowest BCUT2D eigenvalue weighted by molar-refractivity contribution is 0.131. The Bertz CT molecular complexity index is 866. The van der Waals surface area contributed by atoms with Gasteiger partial charge in [-0.25, -0.2) is 4.83 Å². The normalized spacial score (nSPS) is 12.4. The molecule has 27 heavy (non-hydrogen) atoms. The van der Waals surface area contributed by atoms with E-state index in [-0.39, 0.29) is 16.6 Å². The predicted molar refractivity (Wildman–Crippen MR) is 107 cm³/mol. The van der Waals surface area contributed by atoms with Crippen molar-refractivity contribution in [3.8, 4) is 11.5 Å². The number of benzene rings is 2. The molecule has 0 aliphatic heterocycles. The largest absolute Gasteiger partial charge is 0.491 e. The molecule has 1 N–H and O–H groups in total. The van der Waals surface area contributed by atoms with Gasteiger partial charge in [0.2, 0.25) is 0 Å². The van der Waals surface area contributed by atoms with Crippen molar-refractivity contribution in [1.29, 1.82) is 0 Å². The number of rotatable bonds is 7. The molecule has 2 rings (SSSR count). The van der Waals surface area contributed by atoms with E-state index in [9.17, 15) is 8.42 Å². The summed E-state index contributed by atoms with van der Waals surface area (Å²) < 4.78 is 35.8. The third-order valence-corrected chi connectivity index (χ3v) is 4.43. The van der Waals surface area contributed by atoms with Crippen LogP contribution >= 0.6 is 0 Å². The molecule has 0 bridgehead atoms. The fourth-order valence-electron chi connectivity index (χ4n) is 2.17. The lowest BCUT2D eigenvalue weighted by Crippen LogP contribution is -2.22. The molecule has 146 valence electrons. The molecule has 0 radical (unpaired) electrons. The van der Waals surface area contributed by atoms with E-state index in [0.29, 0.717) is 5.75 Å². The Kier molecular flexibility index (Phi) is 6.49. The summed E-state index contributed by atoms with van der Waals surface area (Å²) >= 11 is 0. The number of hydrazone groups is 1. The van der Waals surface area contributed by atoms with Crippen LogP contribution in [0, 0.1) is 0 Å². The first kappa shape index (κ1) is 20.8. The minimum Gasteiger partial charge on any atom is -0.491 e. The maximum absolute atomic E-state index is 12.3. The number of hydrogen-bond acceptors (Lipinski definition) is 5. The SMILES string of the molecule is CC(C)Oc1ccc(S(=O)(=O)N/N=C/c2ccc(OC(C)(C)C)cc2)cc1. The molecule has 6 nitrogen and oxygen atoms in total. The predicted octanol–water partition coefficient (Wildman–Crippen LogP) is 3.96. The Morgan fingerprint density at radius 2 is 1.52 bits per heavy atom. The van der Waals surface area contributed by atoms with Crippen LogP contribution in [0.1, 0.15) is 40.2 Å². The molecular weight excluding hydrogens is 364 g/mol. The van der Waals surface area contributed by atoms with E-state index < -0.39 is 10.0 Å². The Labute approximate surface area is 161 Å². The van der Waals surface area contributed by atoms with E-state index in [4.69, 9.17) is 9.47 Å². The molecule has 0 aromatic heterocycles. The van der Waals surface area contributed by atoms with Crippen LogP contribution in [0.2, 0.25) is 0 Å². The van der Waals surface area contributed by atoms with Crippen LogP contribution < -0.4 is 14.3 Å². The summed E-state index contributed by atoms with van der Waals surface area (Å²) in [4.78, 5) is 2.32. The molecular formula is C20H26N2O4S. The van der Waals surface area contributed by atoms with Crippen molar-refractivity contribution in [2.24, 2.45) is 5.10 Å². The molecule has 0 unspecified atom stereocenters. The van der Waals surface area contributed by atoms with Crippen LogP contribution in [0.3, 0.4) is 0 Å². The number of sulfonamides is 1. The second-order valence-corrected chi connectivity index (χ2v) is 8.94. The highest BCUT2D eigenvalue weighted by molar-refractivity contribution is 7.89. The smallest absolute Gasteiger partial charge is 0.276 e. The molecule has 2 aromatic rings. The van der Waals surface area contributed by atoms with Gasteiger partial charge in [0.15, 0.2) is 0 Å². The molecule has 0 saturated carbocycles. The van der Waals surface area contributed by atoms with E-state index in [1.165, 1.54) is 18.3 Å². The molecule has 0 atom stereocenters. The van der Waals surface area contributed by atoms with Gasteiger partial charge in [-0.15, -0.1) is 0 Å². The van der Waals surface area contributed by atoms with E-state index >= 15 is 0 Å². The molecule has 0 heterocycles. The van der Waals surface area contributed by atoms with Crippen LogP contribution in [0.4, 0.5) is 0 Å². The second-order valence-electron chi connectivity index (χ2n) is 7.27. The number of nitrogens with zero attached hydrogens (tertiary/aromatic N) is 1. The average molecular weight is 391 g/mol. The van der Waals surface area contributed by atoms with E-state index in [1.807, 2.05) is 46.8 Å². The fourth-order valence-corrected chi connectivity index (χ4v) is 2.96. The van der Waals surface area contributed by atoms with Crippen molar-refractivity contribution < 1.29 is 17.9 Å². The topological polar surface area (TPSA) is 77.0 Å². The van der Waals surface area contributed by atoms with Gasteiger partial charge in [0.05, 0.1) is 17.2 Å². The molecule has 0 fully saturated rings. The minimum absolute atomic E-state index is 0.0235. The first-order chi connectivity index (χ1) is 12.5. The van der Waals surface area contributed by atoms with Gasteiger partial charge >= 0.3 is 0 Å². The number of nitrogens with one attached hydrogen (secondary N) is 1. The van der Waals surface area contributed by atoms with E-state index in [0.717, 1.165) is 11.3 Å². The molecule has 7 heteroatoms. The Balaban J connectivity index is 1.99. The van der Waals surface area contributed by atoms with Crippen LogP contribution in [0.25, 0.3) is 0 Å². The third kappa shape index (κ3) is 6.94. The van der Waals surface area contributed by atoms with Crippen molar-refractivity contribution in [2.75, 3.05) is 0 Å². The second kappa shape index (κ2) is 8.43. The standard InChI is InChI=1S/C20H26N2O4S/c1-15(2)25-17-10-12-19(13-11-17)27(23,24)22-21-14-16-6-8-18(9-7-16)26-20(3,4)5/h6-15,22H,1-5H3/b21-14+. The molecule has 0 amide bonds. The summed E-state index contributed by atoms with van der Waals surface area (Å²) in [5.74, 6) is 1.36. The maximum atomic E-state index is 12.3. The van der Waals surface area contributed by atoms with Gasteiger partial charge in [0.25, 0.3) is 10.0 Å². The lowest BCUT2D eigenvalue weighted by atomic mass is 10.2. The van der Waals surface area contributed by atoms with E-state index in [2.05, 4.69) is 9.93 Å². The van der Waals surface area contributed by atoms with Gasteiger partial charge in [-0.3, -0.25) is 0 Å². The summed E-state index contributed by atoms with van der Waals surface area (Å²) in [6.45, 7) is 9.72. The van der Waals surface area contributed by atoms with Gasteiger partial charge in [0.1, 0.15) is 17.1 Å². The summed E-state index contributed by atoms with van der Waals surface area (Å²) in [7, 11) is -3.74. The first-order valence-electron chi connectivity index (χ1n) is 8.66. The summed E-state index contributed by atoms with van der Waals surface area (Å²) in [5.41, 5.74) is 0.473. The highest BCUT2D eigenvalue weighted by Gasteiger charge is 2.13. The first-order valence-corrected chi connectivity index (χ1v) is 10.1. The zero-order chi connectivity index (χ0) is 20.1. The zero-order valence-electron chi connectivity index (χ0n) is 16.3. The highest BCUT2D eigenvalue weighted by Crippen LogP contribution is 2.18. The quantitative estimate of drug-likeness (QED) is 0.573. The van der Waals surface area contributed by atoms with Gasteiger partial charge in [-0.1, -0.05) is 0 Å². The average Bonchev–Trinajstić information content (AvgIpc) is 2.55. The lowest BCUT2D eigenvalue weighted by Gasteiger charge is -2.21. The number of ether oxygens (including phenoxy) is 2. The Morgan fingerprint density at radius 3 is 2.04 bits per heavy atom. The number of hydrogen-bond donors (Lipinski definition) is 1. The monoisotopic (exact) mass is 390 g/mol. The maximum Gasteiger partial charge on any atom is 0.276 e. The minimum atomic E-state index is -3.74. The Morgan fingerprint density at radius 1 is 0.963 bits per heavy atom. The van der Waals surface area contributed by atoms with Crippen LogP contribution in [-0.4, -0.2) is 26.3 Å². The van der Waals surface area contributed by atoms with Crippen LogP contribution in [0.15, 0.2) is 58.5 Å². The summed E-state index contributed by atoms with van der Waals surface area (Å²) in [5, 5.41) is 3.83. The van der Waals surface area contributed by atoms with Gasteiger partial charge < -0.3 is 9.47 Å². The summed E-state index contributed by atoms with van der Waals surface area (Å²) in [6.07, 6.45) is 1.46. The van der Waals surface area contributed by atoms with Crippen molar-refractivity contribution in [2.45, 2.75) is 51.2 Å². The van der Waals surface area contributed by atoms with Crippen molar-refractivity contribution >= 4 is 16.2 Å². The molecule has 0 spiro atoms. The van der Waals surface area contributed by atoms with Gasteiger partial charge in [0, 0.05) is 0 Å². The van der Waals surface area contributed by atoms with Crippen LogP contribution in [-0.2, 0) is 10.0 Å².